The SMILES string of the molecule is CCCCCCc1ccc(-c2ccc(-c3ccc4c(c3)sc3cc(-c5ccc(-c6ccc(CCCCCC)s6)s5)ccc34)s2)s1. The van der Waals surface area contributed by atoms with E-state index >= 15 is 0 Å². The number of hydrogen-bond donors (Lipinski definition) is 0. The van der Waals surface area contributed by atoms with E-state index in [0.29, 0.717) is 0 Å². The van der Waals surface area contributed by atoms with E-state index < -0.39 is 0 Å². The lowest BCUT2D eigenvalue weighted by molar-refractivity contribution is 0.670. The summed E-state index contributed by atoms with van der Waals surface area (Å²) in [5.74, 6) is 0. The van der Waals surface area contributed by atoms with Gasteiger partial charge in [-0.2, -0.15) is 0 Å². The van der Waals surface area contributed by atoms with Crippen LogP contribution in [0.3, 0.4) is 0 Å². The Morgan fingerprint density at radius 2 is 0.800 bits per heavy atom. The van der Waals surface area contributed by atoms with Gasteiger partial charge in [-0.15, -0.1) is 56.7 Å². The fraction of sp³-hybridized carbons (Fsp3) is 0.300. The minimum atomic E-state index is 1.22. The normalized spacial score (nSPS) is 11.8. The molecule has 0 saturated heterocycles. The van der Waals surface area contributed by atoms with E-state index in [2.05, 4.69) is 98.8 Å². The summed E-state index contributed by atoms with van der Waals surface area (Å²) in [6, 6.07) is 32.7. The van der Waals surface area contributed by atoms with E-state index in [1.54, 1.807) is 0 Å². The average Bonchev–Trinajstić information content (AvgIpc) is 3.90. The number of rotatable bonds is 14. The highest BCUT2D eigenvalue weighted by Gasteiger charge is 2.13. The zero-order valence-electron chi connectivity index (χ0n) is 26.2. The minimum Gasteiger partial charge on any atom is -0.139 e. The molecule has 230 valence electrons. The highest BCUT2D eigenvalue weighted by molar-refractivity contribution is 7.26. The minimum absolute atomic E-state index is 1.22. The van der Waals surface area contributed by atoms with Gasteiger partial charge in [0.2, 0.25) is 0 Å². The van der Waals surface area contributed by atoms with Gasteiger partial charge < -0.3 is 0 Å². The second-order valence-corrected chi connectivity index (χ2v) is 17.6. The van der Waals surface area contributed by atoms with Gasteiger partial charge in [0.05, 0.1) is 0 Å². The first-order chi connectivity index (χ1) is 22.2. The van der Waals surface area contributed by atoms with E-state index in [0.717, 1.165) is 0 Å². The lowest BCUT2D eigenvalue weighted by Gasteiger charge is -1.99. The third kappa shape index (κ3) is 7.08. The van der Waals surface area contributed by atoms with Crippen molar-refractivity contribution in [1.82, 2.24) is 0 Å². The molecule has 0 atom stereocenters. The Kier molecular flexibility index (Phi) is 10.0. The maximum Gasteiger partial charge on any atom is 0.0449 e. The van der Waals surface area contributed by atoms with Gasteiger partial charge >= 0.3 is 0 Å². The first kappa shape index (κ1) is 31.1. The Morgan fingerprint density at radius 3 is 1.27 bits per heavy atom. The van der Waals surface area contributed by atoms with Crippen molar-refractivity contribution in [2.24, 2.45) is 0 Å². The van der Waals surface area contributed by atoms with Gasteiger partial charge in [-0.05, 0) is 97.5 Å². The molecule has 2 aromatic carbocycles. The lowest BCUT2D eigenvalue weighted by atomic mass is 10.1. The Balaban J connectivity index is 1.07. The highest BCUT2D eigenvalue weighted by atomic mass is 32.1. The van der Waals surface area contributed by atoms with E-state index in [-0.39, 0.29) is 0 Å². The standard InChI is InChI=1S/C40H40S5/c1-3-5-7-9-11-29-15-19-35(41-29)37-23-21-33(43-37)27-13-17-31-32-18-14-28(26-40(32)45-39(31)25-27)34-22-24-38(44-34)36-20-16-30(42-36)12-10-8-6-4-2/h13-26H,3-12H2,1-2H3. The first-order valence-electron chi connectivity index (χ1n) is 16.5. The van der Waals surface area contributed by atoms with Gasteiger partial charge in [0.1, 0.15) is 0 Å². The quantitative estimate of drug-likeness (QED) is 0.100. The Labute approximate surface area is 288 Å². The van der Waals surface area contributed by atoms with Crippen LogP contribution in [0.4, 0.5) is 0 Å². The van der Waals surface area contributed by atoms with Gasteiger partial charge in [0.25, 0.3) is 0 Å². The molecule has 0 nitrogen and oxygen atoms in total. The van der Waals surface area contributed by atoms with Gasteiger partial charge in [-0.3, -0.25) is 0 Å². The van der Waals surface area contributed by atoms with Crippen LogP contribution in [-0.2, 0) is 12.8 Å². The third-order valence-electron chi connectivity index (χ3n) is 8.62. The van der Waals surface area contributed by atoms with Crippen molar-refractivity contribution in [3.63, 3.8) is 0 Å². The summed E-state index contributed by atoms with van der Waals surface area (Å²) in [5, 5.41) is 2.73. The average molecular weight is 681 g/mol. The van der Waals surface area contributed by atoms with Crippen molar-refractivity contribution in [3.8, 4) is 40.4 Å². The number of aryl methyl sites for hydroxylation is 2. The van der Waals surface area contributed by atoms with Crippen LogP contribution in [0.25, 0.3) is 60.6 Å². The fourth-order valence-corrected chi connectivity index (χ4v) is 11.5. The molecule has 0 saturated carbocycles. The Hall–Kier alpha value is -2.54. The van der Waals surface area contributed by atoms with Crippen LogP contribution < -0.4 is 0 Å². The van der Waals surface area contributed by atoms with Crippen molar-refractivity contribution in [1.29, 1.82) is 0 Å². The van der Waals surface area contributed by atoms with E-state index in [1.165, 1.54) is 135 Å². The molecule has 0 bridgehead atoms. The summed E-state index contributed by atoms with van der Waals surface area (Å²) in [6.07, 6.45) is 13.0. The predicted molar refractivity (Wildman–Crippen MR) is 208 cm³/mol. The molecule has 0 fully saturated rings. The number of unbranched alkanes of at least 4 members (excludes halogenated alkanes) is 6. The van der Waals surface area contributed by atoms with Crippen LogP contribution in [0.15, 0.2) is 84.9 Å². The summed E-state index contributed by atoms with van der Waals surface area (Å²) in [5.41, 5.74) is 2.65. The van der Waals surface area contributed by atoms with Crippen molar-refractivity contribution in [2.75, 3.05) is 0 Å². The zero-order valence-corrected chi connectivity index (χ0v) is 30.3. The number of fused-ring (bicyclic) bond motifs is 3. The van der Waals surface area contributed by atoms with Crippen LogP contribution in [-0.4, -0.2) is 0 Å². The molecule has 0 amide bonds. The Bertz CT molecular complexity index is 1860. The molecule has 7 aromatic rings. The Morgan fingerprint density at radius 1 is 0.378 bits per heavy atom. The van der Waals surface area contributed by atoms with Gasteiger partial charge in [-0.25, -0.2) is 0 Å². The molecule has 0 aliphatic rings. The molecule has 5 aromatic heterocycles. The summed E-state index contributed by atoms with van der Waals surface area (Å²) in [7, 11) is 0. The predicted octanol–water partition coefficient (Wildman–Crippen LogP) is 15.2. The maximum absolute atomic E-state index is 2.41. The molecule has 0 radical (unpaired) electrons. The van der Waals surface area contributed by atoms with Crippen molar-refractivity contribution >= 4 is 76.9 Å². The fourth-order valence-electron chi connectivity index (χ4n) is 6.08. The monoisotopic (exact) mass is 680 g/mol. The topological polar surface area (TPSA) is 0 Å². The molecule has 0 unspecified atom stereocenters. The number of hydrogen-bond acceptors (Lipinski definition) is 5. The molecule has 5 heterocycles. The van der Waals surface area contributed by atoms with E-state index in [1.807, 2.05) is 56.7 Å². The molecule has 5 heteroatoms. The largest absolute Gasteiger partial charge is 0.139 e. The maximum atomic E-state index is 2.41. The summed E-state index contributed by atoms with van der Waals surface area (Å²) < 4.78 is 2.74. The molecular formula is C40H40S5. The molecule has 45 heavy (non-hydrogen) atoms. The second-order valence-electron chi connectivity index (χ2n) is 12.0. The molecule has 0 aliphatic heterocycles. The van der Waals surface area contributed by atoms with Crippen LogP contribution in [0, 0.1) is 0 Å². The van der Waals surface area contributed by atoms with Crippen LogP contribution in [0.2, 0.25) is 0 Å². The number of benzene rings is 2. The molecule has 0 N–H and O–H groups in total. The molecule has 0 spiro atoms. The highest BCUT2D eigenvalue weighted by Crippen LogP contribution is 2.43. The summed E-state index contributed by atoms with van der Waals surface area (Å²) in [6.45, 7) is 4.56. The van der Waals surface area contributed by atoms with Crippen molar-refractivity contribution in [2.45, 2.75) is 78.1 Å². The van der Waals surface area contributed by atoms with Crippen molar-refractivity contribution in [3.05, 3.63) is 94.7 Å². The molecule has 0 aliphatic carbocycles. The third-order valence-corrected chi connectivity index (χ3v) is 14.7. The van der Waals surface area contributed by atoms with Gasteiger partial charge in [-0.1, -0.05) is 76.6 Å². The van der Waals surface area contributed by atoms with E-state index in [4.69, 9.17) is 0 Å². The van der Waals surface area contributed by atoms with Crippen LogP contribution in [0.5, 0.6) is 0 Å². The summed E-state index contributed by atoms with van der Waals surface area (Å²) in [4.78, 5) is 11.3. The van der Waals surface area contributed by atoms with Gasteiger partial charge in [0.15, 0.2) is 0 Å². The second kappa shape index (κ2) is 14.5. The van der Waals surface area contributed by atoms with E-state index in [9.17, 15) is 0 Å². The van der Waals surface area contributed by atoms with Crippen LogP contribution in [0.1, 0.15) is 75.0 Å². The summed E-state index contributed by atoms with van der Waals surface area (Å²) >= 11 is 9.73. The lowest BCUT2D eigenvalue weighted by Crippen LogP contribution is -1.80. The molecular weight excluding hydrogens is 641 g/mol. The molecule has 7 rings (SSSR count). The van der Waals surface area contributed by atoms with Crippen molar-refractivity contribution < 1.29 is 0 Å². The van der Waals surface area contributed by atoms with Gasteiger partial charge in [0, 0.05) is 59.2 Å². The zero-order chi connectivity index (χ0) is 30.6. The van der Waals surface area contributed by atoms with Crippen LogP contribution >= 0.6 is 56.7 Å². The first-order valence-corrected chi connectivity index (χ1v) is 20.6. The smallest absolute Gasteiger partial charge is 0.0449 e. The number of thiophene rings is 5.